The van der Waals surface area contributed by atoms with E-state index in [1.807, 2.05) is 55.5 Å². The number of urea groups is 1. The molecule has 3 rings (SSSR count). The van der Waals surface area contributed by atoms with E-state index in [9.17, 15) is 4.79 Å². The highest BCUT2D eigenvalue weighted by Crippen LogP contribution is 2.15. The molecule has 0 fully saturated rings. The first-order valence-electron chi connectivity index (χ1n) is 7.67. The van der Waals surface area contributed by atoms with Crippen molar-refractivity contribution in [2.24, 2.45) is 0 Å². The minimum Gasteiger partial charge on any atom is -0.334 e. The molecule has 2 amide bonds. The highest BCUT2D eigenvalue weighted by Gasteiger charge is 2.03. The summed E-state index contributed by atoms with van der Waals surface area (Å²) in [6.45, 7) is 2.42. The van der Waals surface area contributed by atoms with E-state index in [-0.39, 0.29) is 6.03 Å². The molecule has 0 spiro atoms. The van der Waals surface area contributed by atoms with Gasteiger partial charge in [0.1, 0.15) is 0 Å². The summed E-state index contributed by atoms with van der Waals surface area (Å²) < 4.78 is 0. The molecule has 120 valence electrons. The van der Waals surface area contributed by atoms with E-state index in [2.05, 4.69) is 20.6 Å². The van der Waals surface area contributed by atoms with Crippen LogP contribution in [0.4, 0.5) is 10.5 Å². The predicted molar refractivity (Wildman–Crippen MR) is 94.5 cm³/mol. The van der Waals surface area contributed by atoms with Crippen LogP contribution in [0.5, 0.6) is 0 Å². The summed E-state index contributed by atoms with van der Waals surface area (Å²) in [6.07, 6.45) is 5.26. The van der Waals surface area contributed by atoms with Gasteiger partial charge in [0.2, 0.25) is 0 Å². The molecule has 0 bridgehead atoms. The Hall–Kier alpha value is -3.21. The second-order valence-electron chi connectivity index (χ2n) is 5.47. The molecule has 0 radical (unpaired) electrons. The second kappa shape index (κ2) is 7.37. The van der Waals surface area contributed by atoms with Crippen molar-refractivity contribution >= 4 is 11.7 Å². The first-order valence-corrected chi connectivity index (χ1v) is 7.67. The molecule has 5 heteroatoms. The smallest absolute Gasteiger partial charge is 0.319 e. The van der Waals surface area contributed by atoms with Gasteiger partial charge in [-0.15, -0.1) is 0 Å². The Bertz CT molecular complexity index is 799. The van der Waals surface area contributed by atoms with Gasteiger partial charge in [0.25, 0.3) is 0 Å². The van der Waals surface area contributed by atoms with Crippen LogP contribution in [0.25, 0.3) is 11.3 Å². The van der Waals surface area contributed by atoms with Crippen LogP contribution in [0.15, 0.2) is 67.1 Å². The lowest BCUT2D eigenvalue weighted by molar-refractivity contribution is 0.251. The summed E-state index contributed by atoms with van der Waals surface area (Å²) in [5.41, 5.74) is 4.68. The Kier molecular flexibility index (Phi) is 4.81. The van der Waals surface area contributed by atoms with Crippen LogP contribution >= 0.6 is 0 Å². The van der Waals surface area contributed by atoms with Gasteiger partial charge in [0, 0.05) is 36.4 Å². The van der Waals surface area contributed by atoms with Crippen LogP contribution in [0.3, 0.4) is 0 Å². The summed E-state index contributed by atoms with van der Waals surface area (Å²) in [7, 11) is 0. The zero-order valence-electron chi connectivity index (χ0n) is 13.4. The molecule has 2 heterocycles. The maximum absolute atomic E-state index is 11.9. The average Bonchev–Trinajstić information content (AvgIpc) is 2.63. The molecule has 1 aromatic carbocycles. The van der Waals surface area contributed by atoms with Gasteiger partial charge in [-0.1, -0.05) is 23.8 Å². The largest absolute Gasteiger partial charge is 0.334 e. The number of rotatable bonds is 4. The summed E-state index contributed by atoms with van der Waals surface area (Å²) in [4.78, 5) is 20.4. The Balaban J connectivity index is 1.54. The van der Waals surface area contributed by atoms with Gasteiger partial charge in [0.15, 0.2) is 0 Å². The molecule has 0 unspecified atom stereocenters. The highest BCUT2D eigenvalue weighted by atomic mass is 16.2. The number of anilines is 1. The Labute approximate surface area is 140 Å². The molecule has 0 atom stereocenters. The molecule has 0 aliphatic rings. The lowest BCUT2D eigenvalue weighted by Gasteiger charge is -2.08. The van der Waals surface area contributed by atoms with Crippen LogP contribution in [0.2, 0.25) is 0 Å². The molecule has 24 heavy (non-hydrogen) atoms. The number of amides is 2. The third-order valence-corrected chi connectivity index (χ3v) is 3.54. The molecule has 0 saturated heterocycles. The lowest BCUT2D eigenvalue weighted by Crippen LogP contribution is -2.28. The third-order valence-electron chi connectivity index (χ3n) is 3.54. The van der Waals surface area contributed by atoms with Crippen LogP contribution in [-0.2, 0) is 6.54 Å². The summed E-state index contributed by atoms with van der Waals surface area (Å²) >= 11 is 0. The quantitative estimate of drug-likeness (QED) is 0.769. The first-order chi connectivity index (χ1) is 11.7. The van der Waals surface area contributed by atoms with E-state index in [0.29, 0.717) is 6.54 Å². The Morgan fingerprint density at radius 2 is 1.88 bits per heavy atom. The first kappa shape index (κ1) is 15.7. The van der Waals surface area contributed by atoms with Gasteiger partial charge >= 0.3 is 6.03 Å². The molecule has 0 saturated carbocycles. The van der Waals surface area contributed by atoms with Crippen LogP contribution in [0, 0.1) is 6.92 Å². The number of nitrogens with one attached hydrogen (secondary N) is 2. The number of aryl methyl sites for hydroxylation is 1. The fourth-order valence-electron chi connectivity index (χ4n) is 2.21. The number of hydrogen-bond acceptors (Lipinski definition) is 3. The van der Waals surface area contributed by atoms with Gasteiger partial charge in [0.05, 0.1) is 5.69 Å². The van der Waals surface area contributed by atoms with Gasteiger partial charge in [-0.3, -0.25) is 9.97 Å². The number of pyridine rings is 2. The van der Waals surface area contributed by atoms with Crippen molar-refractivity contribution in [1.82, 2.24) is 15.3 Å². The highest BCUT2D eigenvalue weighted by molar-refractivity contribution is 5.89. The van der Waals surface area contributed by atoms with Gasteiger partial charge in [-0.05, 0) is 42.8 Å². The van der Waals surface area contributed by atoms with Gasteiger partial charge < -0.3 is 10.6 Å². The molecule has 5 nitrogen and oxygen atoms in total. The van der Waals surface area contributed by atoms with Crippen LogP contribution in [0.1, 0.15) is 11.1 Å². The molecule has 2 N–H and O–H groups in total. The third kappa shape index (κ3) is 4.16. The van der Waals surface area contributed by atoms with Crippen molar-refractivity contribution in [3.8, 4) is 11.3 Å². The minimum absolute atomic E-state index is 0.241. The minimum atomic E-state index is -0.241. The van der Waals surface area contributed by atoms with E-state index in [1.165, 1.54) is 0 Å². The molecular weight excluding hydrogens is 300 g/mol. The Morgan fingerprint density at radius 1 is 1.04 bits per heavy atom. The zero-order valence-corrected chi connectivity index (χ0v) is 13.4. The number of hydrogen-bond donors (Lipinski definition) is 2. The van der Waals surface area contributed by atoms with Crippen LogP contribution in [-0.4, -0.2) is 16.0 Å². The van der Waals surface area contributed by atoms with Crippen molar-refractivity contribution in [3.05, 3.63) is 78.2 Å². The van der Waals surface area contributed by atoms with Crippen molar-refractivity contribution in [2.75, 3.05) is 5.32 Å². The molecule has 0 aliphatic carbocycles. The SMILES string of the molecule is Cc1ccc(NC(=O)NCc2ccc(-c3cccnc3)nc2)cc1. The summed E-state index contributed by atoms with van der Waals surface area (Å²) in [5, 5.41) is 5.62. The van der Waals surface area contributed by atoms with E-state index in [1.54, 1.807) is 18.6 Å². The van der Waals surface area contributed by atoms with E-state index >= 15 is 0 Å². The number of benzene rings is 1. The average molecular weight is 318 g/mol. The van der Waals surface area contributed by atoms with Crippen molar-refractivity contribution in [2.45, 2.75) is 13.5 Å². The standard InChI is InChI=1S/C19H18N4O/c1-14-4-7-17(8-5-14)23-19(24)22-12-15-6-9-18(21-11-15)16-3-2-10-20-13-16/h2-11,13H,12H2,1H3,(H2,22,23,24). The topological polar surface area (TPSA) is 66.9 Å². The second-order valence-corrected chi connectivity index (χ2v) is 5.47. The number of carbonyl (C=O) groups is 1. The van der Waals surface area contributed by atoms with Gasteiger partial charge in [-0.25, -0.2) is 4.79 Å². The normalized spacial score (nSPS) is 10.2. The van der Waals surface area contributed by atoms with E-state index in [4.69, 9.17) is 0 Å². The van der Waals surface area contributed by atoms with E-state index in [0.717, 1.165) is 28.1 Å². The molecular formula is C19H18N4O. The molecule has 0 aliphatic heterocycles. The summed E-state index contributed by atoms with van der Waals surface area (Å²) in [6, 6.07) is 15.1. The maximum Gasteiger partial charge on any atom is 0.319 e. The van der Waals surface area contributed by atoms with Gasteiger partial charge in [-0.2, -0.15) is 0 Å². The molecule has 3 aromatic rings. The predicted octanol–water partition coefficient (Wildman–Crippen LogP) is 3.77. The fourth-order valence-corrected chi connectivity index (χ4v) is 2.21. The van der Waals surface area contributed by atoms with Crippen molar-refractivity contribution < 1.29 is 4.79 Å². The monoisotopic (exact) mass is 318 g/mol. The fraction of sp³-hybridized carbons (Fsp3) is 0.105. The van der Waals surface area contributed by atoms with Crippen molar-refractivity contribution in [3.63, 3.8) is 0 Å². The Morgan fingerprint density at radius 3 is 2.54 bits per heavy atom. The molecule has 2 aromatic heterocycles. The van der Waals surface area contributed by atoms with Crippen LogP contribution < -0.4 is 10.6 Å². The lowest BCUT2D eigenvalue weighted by atomic mass is 10.1. The number of carbonyl (C=O) groups excluding carboxylic acids is 1. The van der Waals surface area contributed by atoms with E-state index < -0.39 is 0 Å². The maximum atomic E-state index is 11.9. The summed E-state index contributed by atoms with van der Waals surface area (Å²) in [5.74, 6) is 0. The number of nitrogens with zero attached hydrogens (tertiary/aromatic N) is 2. The van der Waals surface area contributed by atoms with Crippen molar-refractivity contribution in [1.29, 1.82) is 0 Å². The zero-order chi connectivity index (χ0) is 16.8. The number of aromatic nitrogens is 2.